The number of aryl methyl sites for hydroxylation is 1. The van der Waals surface area contributed by atoms with E-state index in [-0.39, 0.29) is 24.4 Å². The van der Waals surface area contributed by atoms with Crippen LogP contribution >= 0.6 is 0 Å². The molecule has 7 rings (SSSR count). The van der Waals surface area contributed by atoms with Gasteiger partial charge < -0.3 is 29.9 Å². The highest BCUT2D eigenvalue weighted by Gasteiger charge is 2.66. The van der Waals surface area contributed by atoms with Gasteiger partial charge in [0.15, 0.2) is 17.9 Å². The molecule has 9 atom stereocenters. The van der Waals surface area contributed by atoms with Crippen LogP contribution in [0.5, 0.6) is 0 Å². The van der Waals surface area contributed by atoms with Crippen molar-refractivity contribution >= 4 is 22.3 Å². The van der Waals surface area contributed by atoms with Gasteiger partial charge in [0.2, 0.25) is 0 Å². The van der Waals surface area contributed by atoms with Crippen LogP contribution in [0.3, 0.4) is 0 Å². The van der Waals surface area contributed by atoms with Gasteiger partial charge in [0.25, 0.3) is 0 Å². The summed E-state index contributed by atoms with van der Waals surface area (Å²) in [5, 5.41) is 43.0. The third-order valence-electron chi connectivity index (χ3n) is 9.37. The largest absolute Gasteiger partial charge is 0.394 e. The number of carbonyl (C=O) groups excluding carboxylic acids is 2. The van der Waals surface area contributed by atoms with Crippen LogP contribution in [0.15, 0.2) is 60.7 Å². The van der Waals surface area contributed by atoms with Gasteiger partial charge in [-0.3, -0.25) is 9.59 Å². The normalized spacial score (nSPS) is 37.2. The van der Waals surface area contributed by atoms with Crippen LogP contribution in [0.1, 0.15) is 47.1 Å². The van der Waals surface area contributed by atoms with Gasteiger partial charge in [-0.25, -0.2) is 0 Å². The quantitative estimate of drug-likeness (QED) is 0.377. The Kier molecular flexibility index (Phi) is 5.79. The van der Waals surface area contributed by atoms with E-state index in [1.165, 1.54) is 0 Å². The molecule has 202 valence electrons. The minimum absolute atomic E-state index is 0.0775. The van der Waals surface area contributed by atoms with Gasteiger partial charge in [-0.1, -0.05) is 54.6 Å². The zero-order chi connectivity index (χ0) is 27.1. The third-order valence-corrected chi connectivity index (χ3v) is 9.37. The van der Waals surface area contributed by atoms with E-state index in [0.29, 0.717) is 6.42 Å². The van der Waals surface area contributed by atoms with Crippen LogP contribution in [0.25, 0.3) is 10.8 Å². The molecule has 8 nitrogen and oxygen atoms in total. The van der Waals surface area contributed by atoms with E-state index >= 15 is 0 Å². The van der Waals surface area contributed by atoms with Crippen LogP contribution in [-0.4, -0.2) is 69.3 Å². The summed E-state index contributed by atoms with van der Waals surface area (Å²) in [6.45, 7) is -0.574. The first-order valence-electron chi connectivity index (χ1n) is 13.5. The van der Waals surface area contributed by atoms with Crippen molar-refractivity contribution in [2.45, 2.75) is 67.4 Å². The fourth-order valence-electron chi connectivity index (χ4n) is 7.62. The van der Waals surface area contributed by atoms with Gasteiger partial charge in [-0.2, -0.15) is 0 Å². The number of hydrogen-bond donors (Lipinski definition) is 4. The van der Waals surface area contributed by atoms with Crippen LogP contribution in [-0.2, 0) is 30.9 Å². The standard InChI is InChI=1S/C31H30O8/c32-14-22-26(35)27(36)28(37)30(38-22)39-29-19-12-17-7-2-1-6-16(17)11-18(19)25-20(29)13-24(34)31(25)21-8-4-3-5-15(21)9-10-23(31)33/h1-8,11-12,20,22,25-30,32,35-37H,9-10,13-14H2/t20-,22-,25+,26-,27+,28-,29-,30-,31-/m1/s1. The molecule has 0 unspecified atom stereocenters. The van der Waals surface area contributed by atoms with Gasteiger partial charge in [0.1, 0.15) is 29.8 Å². The summed E-state index contributed by atoms with van der Waals surface area (Å²) in [6, 6.07) is 19.6. The highest BCUT2D eigenvalue weighted by Crippen LogP contribution is 2.64. The molecule has 0 bridgehead atoms. The maximum absolute atomic E-state index is 14.0. The zero-order valence-electron chi connectivity index (χ0n) is 21.1. The Morgan fingerprint density at radius 2 is 1.54 bits per heavy atom. The topological polar surface area (TPSA) is 134 Å². The predicted octanol–water partition coefficient (Wildman–Crippen LogP) is 1.84. The van der Waals surface area contributed by atoms with Crippen molar-refractivity contribution in [3.05, 3.63) is 82.9 Å². The monoisotopic (exact) mass is 530 g/mol. The Morgan fingerprint density at radius 3 is 2.28 bits per heavy atom. The second kappa shape index (κ2) is 9.02. The fraction of sp³-hybridized carbons (Fsp3) is 0.419. The third kappa shape index (κ3) is 3.40. The Hall–Kier alpha value is -2.98. The molecule has 3 aliphatic carbocycles. The molecule has 1 spiro atoms. The van der Waals surface area contributed by atoms with Crippen LogP contribution in [0, 0.1) is 5.92 Å². The summed E-state index contributed by atoms with van der Waals surface area (Å²) >= 11 is 0. The van der Waals surface area contributed by atoms with Crippen LogP contribution in [0.2, 0.25) is 0 Å². The number of ether oxygens (including phenoxy) is 2. The Labute approximate surface area is 224 Å². The SMILES string of the molecule is O=C1CCc2ccccc2[C@]12C(=O)C[C@H]1[C@H](O[C@H]3O[C@H](CO)[C@@H](O)[C@H](O)[C@H]3O)c3cc4ccccc4cc3[C@@H]12. The van der Waals surface area contributed by atoms with Crippen molar-refractivity contribution in [1.29, 1.82) is 0 Å². The number of carbonyl (C=O) groups is 2. The summed E-state index contributed by atoms with van der Waals surface area (Å²) in [4.78, 5) is 27.9. The van der Waals surface area contributed by atoms with E-state index in [1.807, 2.05) is 60.7 Å². The summed E-state index contributed by atoms with van der Waals surface area (Å²) < 4.78 is 12.1. The average Bonchev–Trinajstić information content (AvgIpc) is 3.41. The number of ketones is 2. The number of rotatable bonds is 3. The molecule has 39 heavy (non-hydrogen) atoms. The van der Waals surface area contributed by atoms with E-state index in [0.717, 1.165) is 33.0 Å². The fourth-order valence-corrected chi connectivity index (χ4v) is 7.62. The lowest BCUT2D eigenvalue weighted by atomic mass is 9.61. The second-order valence-corrected chi connectivity index (χ2v) is 11.2. The first kappa shape index (κ1) is 25.0. The van der Waals surface area contributed by atoms with Gasteiger partial charge >= 0.3 is 0 Å². The van der Waals surface area contributed by atoms with E-state index < -0.39 is 60.7 Å². The summed E-state index contributed by atoms with van der Waals surface area (Å²) in [6.07, 6.45) is -6.88. The molecule has 1 heterocycles. The van der Waals surface area contributed by atoms with Gasteiger partial charge in [0, 0.05) is 24.7 Å². The van der Waals surface area contributed by atoms with Crippen LogP contribution in [0.4, 0.5) is 0 Å². The van der Waals surface area contributed by atoms with E-state index in [2.05, 4.69) is 0 Å². The zero-order valence-corrected chi connectivity index (χ0v) is 21.1. The maximum Gasteiger partial charge on any atom is 0.187 e. The lowest BCUT2D eigenvalue weighted by Crippen LogP contribution is -2.59. The van der Waals surface area contributed by atoms with Gasteiger partial charge in [-0.05, 0) is 45.5 Å². The van der Waals surface area contributed by atoms with Gasteiger partial charge in [-0.15, -0.1) is 0 Å². The number of Topliss-reactive ketones (excluding diaryl/α,β-unsaturated/α-hetero) is 2. The molecular weight excluding hydrogens is 500 g/mol. The van der Waals surface area contributed by atoms with E-state index in [1.54, 1.807) is 0 Å². The van der Waals surface area contributed by atoms with Gasteiger partial charge in [0.05, 0.1) is 12.7 Å². The minimum atomic E-state index is -1.59. The summed E-state index contributed by atoms with van der Waals surface area (Å²) in [5.41, 5.74) is 2.13. The smallest absolute Gasteiger partial charge is 0.187 e. The molecule has 3 aromatic carbocycles. The lowest BCUT2D eigenvalue weighted by Gasteiger charge is -2.41. The lowest BCUT2D eigenvalue weighted by molar-refractivity contribution is -0.315. The average molecular weight is 531 g/mol. The number of fused-ring (bicyclic) bond motifs is 7. The van der Waals surface area contributed by atoms with E-state index in [4.69, 9.17) is 9.47 Å². The molecule has 1 aliphatic heterocycles. The number of benzene rings is 3. The maximum atomic E-state index is 14.0. The highest BCUT2D eigenvalue weighted by molar-refractivity contribution is 6.17. The molecule has 0 aromatic heterocycles. The highest BCUT2D eigenvalue weighted by atomic mass is 16.7. The Bertz CT molecular complexity index is 1480. The molecule has 1 saturated carbocycles. The number of hydrogen-bond acceptors (Lipinski definition) is 8. The van der Waals surface area contributed by atoms with E-state index in [9.17, 15) is 30.0 Å². The predicted molar refractivity (Wildman–Crippen MR) is 139 cm³/mol. The number of aliphatic hydroxyl groups excluding tert-OH is 4. The molecule has 2 fully saturated rings. The van der Waals surface area contributed by atoms with Crippen molar-refractivity contribution in [2.24, 2.45) is 5.92 Å². The minimum Gasteiger partial charge on any atom is -0.394 e. The van der Waals surface area contributed by atoms with Crippen molar-refractivity contribution in [3.63, 3.8) is 0 Å². The van der Waals surface area contributed by atoms with Crippen molar-refractivity contribution < 1.29 is 39.5 Å². The molecule has 4 aliphatic rings. The molecule has 1 saturated heterocycles. The first-order valence-corrected chi connectivity index (χ1v) is 13.5. The molecule has 0 radical (unpaired) electrons. The summed E-state index contributed by atoms with van der Waals surface area (Å²) in [7, 11) is 0. The van der Waals surface area contributed by atoms with Crippen LogP contribution < -0.4 is 0 Å². The summed E-state index contributed by atoms with van der Waals surface area (Å²) in [5.74, 6) is -1.08. The molecular formula is C31H30O8. The van der Waals surface area contributed by atoms with Crippen molar-refractivity contribution in [1.82, 2.24) is 0 Å². The molecule has 8 heteroatoms. The first-order chi connectivity index (χ1) is 18.9. The Morgan fingerprint density at radius 1 is 0.846 bits per heavy atom. The van der Waals surface area contributed by atoms with Crippen molar-refractivity contribution in [2.75, 3.05) is 6.61 Å². The molecule has 4 N–H and O–H groups in total. The molecule has 3 aromatic rings. The number of aliphatic hydroxyl groups is 4. The molecule has 0 amide bonds. The second-order valence-electron chi connectivity index (χ2n) is 11.2. The van der Waals surface area contributed by atoms with Crippen molar-refractivity contribution in [3.8, 4) is 0 Å². The Balaban J connectivity index is 1.39.